The number of hydrogen-bond donors (Lipinski definition) is 8. The maximum Gasteiger partial charge on any atom is 0.249 e. The highest BCUT2D eigenvalue weighted by Crippen LogP contribution is 2.24. The first-order chi connectivity index (χ1) is 40.7. The molecule has 0 saturated carbocycles. The van der Waals surface area contributed by atoms with Gasteiger partial charge in [-0.1, -0.05) is 373 Å². The quantitative estimate of drug-likeness (QED) is 0.0272. The van der Waals surface area contributed by atoms with Gasteiger partial charge in [0.15, 0.2) is 6.29 Å². The molecule has 0 spiro atoms. The van der Waals surface area contributed by atoms with Gasteiger partial charge in [0.2, 0.25) is 5.91 Å². The van der Waals surface area contributed by atoms with Crippen LogP contribution in [0.5, 0.6) is 0 Å². The van der Waals surface area contributed by atoms with Crippen molar-refractivity contribution in [3.63, 3.8) is 0 Å². The smallest absolute Gasteiger partial charge is 0.249 e. The Morgan fingerprint density at radius 3 is 0.892 bits per heavy atom. The van der Waals surface area contributed by atoms with E-state index in [1.807, 2.05) is 0 Å². The number of aliphatic hydroxyl groups is 7. The maximum atomic E-state index is 13.3. The third kappa shape index (κ3) is 48.7. The molecule has 9 atom stereocenters. The van der Waals surface area contributed by atoms with Gasteiger partial charge in [0.05, 0.1) is 25.4 Å². The Labute approximate surface area is 513 Å². The van der Waals surface area contributed by atoms with Crippen molar-refractivity contribution < 1.29 is 50.0 Å². The van der Waals surface area contributed by atoms with Crippen molar-refractivity contribution in [3.8, 4) is 0 Å². The van der Waals surface area contributed by atoms with Crippen LogP contribution in [0.25, 0.3) is 0 Å². The summed E-state index contributed by atoms with van der Waals surface area (Å²) >= 11 is 0. The molecule has 0 aromatic carbocycles. The number of amides is 1. The Morgan fingerprint density at radius 1 is 0.373 bits per heavy atom. The molecular weight excluding hydrogens is 1040 g/mol. The van der Waals surface area contributed by atoms with Gasteiger partial charge in [0.1, 0.15) is 36.6 Å². The van der Waals surface area contributed by atoms with E-state index in [1.165, 1.54) is 308 Å². The lowest BCUT2D eigenvalue weighted by Crippen LogP contribution is -2.60. The Morgan fingerprint density at radius 2 is 0.627 bits per heavy atom. The largest absolute Gasteiger partial charge is 0.394 e. The zero-order chi connectivity index (χ0) is 60.3. The van der Waals surface area contributed by atoms with E-state index in [2.05, 4.69) is 19.2 Å². The fraction of sp³-hybridized carbons (Fsp3) is 0.986. The van der Waals surface area contributed by atoms with E-state index < -0.39 is 74.2 Å². The Balaban J connectivity index is 2.16. The van der Waals surface area contributed by atoms with Crippen LogP contribution < -0.4 is 5.32 Å². The van der Waals surface area contributed by atoms with E-state index in [4.69, 9.17) is 9.47 Å². The first-order valence-corrected chi connectivity index (χ1v) is 36.9. The van der Waals surface area contributed by atoms with E-state index in [1.54, 1.807) is 0 Å². The number of unbranched alkanes of at least 4 members (excludes halogenated alkanes) is 54. The predicted molar refractivity (Wildman–Crippen MR) is 349 cm³/mol. The van der Waals surface area contributed by atoms with Gasteiger partial charge >= 0.3 is 0 Å². The van der Waals surface area contributed by atoms with Crippen molar-refractivity contribution in [2.45, 2.75) is 441 Å². The van der Waals surface area contributed by atoms with Crippen molar-refractivity contribution in [2.24, 2.45) is 0 Å². The molecule has 1 aliphatic rings. The van der Waals surface area contributed by atoms with E-state index in [-0.39, 0.29) is 6.42 Å². The van der Waals surface area contributed by atoms with Crippen LogP contribution in [-0.4, -0.2) is 110 Å². The van der Waals surface area contributed by atoms with Gasteiger partial charge in [-0.25, -0.2) is 0 Å². The topological polar surface area (TPSA) is 189 Å². The lowest BCUT2D eigenvalue weighted by molar-refractivity contribution is -0.303. The summed E-state index contributed by atoms with van der Waals surface area (Å²) in [4.78, 5) is 13.3. The molecule has 0 aromatic rings. The summed E-state index contributed by atoms with van der Waals surface area (Å²) in [5, 5.41) is 76.6. The predicted octanol–water partition coefficient (Wildman–Crippen LogP) is 18.0. The SMILES string of the molecule is CCCCCCCCCCCCCCCCCCCCCCCCCCCCCCCC(O)C(O)C(COC1OC(CO)C(O)C(O)C1O)NC(=O)C(O)CCCCCCCCCCCCCCCCCCCCCCCCCCCCC. The van der Waals surface area contributed by atoms with Crippen molar-refractivity contribution in [1.29, 1.82) is 0 Å². The molecule has 0 bridgehead atoms. The zero-order valence-corrected chi connectivity index (χ0v) is 55.0. The van der Waals surface area contributed by atoms with Crippen LogP contribution in [-0.2, 0) is 14.3 Å². The van der Waals surface area contributed by atoms with Gasteiger partial charge in [0, 0.05) is 0 Å². The standard InChI is InChI=1S/C72H143NO10/c1-3-5-7-9-11-13-15-17-19-21-23-25-27-29-31-32-34-35-37-39-41-43-45-47-49-51-53-55-57-59-64(75)67(77)63(62-82-72-70(80)69(79)68(78)66(61-74)83-72)73-71(81)65(76)60-58-56-54-52-50-48-46-44-42-40-38-36-33-30-28-26-24-22-20-18-16-14-12-10-8-6-4-2/h63-70,72,74-80H,3-62H2,1-2H3,(H,73,81). The van der Waals surface area contributed by atoms with Gasteiger partial charge in [-0.2, -0.15) is 0 Å². The summed E-state index contributed by atoms with van der Waals surface area (Å²) < 4.78 is 11.2. The monoisotopic (exact) mass is 1180 g/mol. The number of carbonyl (C=O) groups is 1. The van der Waals surface area contributed by atoms with Crippen molar-refractivity contribution in [3.05, 3.63) is 0 Å². The average Bonchev–Trinajstić information content (AvgIpc) is 3.68. The normalized spacial score (nSPS) is 18.9. The van der Waals surface area contributed by atoms with Crippen LogP contribution in [0.1, 0.15) is 386 Å². The highest BCUT2D eigenvalue weighted by Gasteiger charge is 2.44. The van der Waals surface area contributed by atoms with E-state index in [9.17, 15) is 40.5 Å². The van der Waals surface area contributed by atoms with Gasteiger partial charge in [0.25, 0.3) is 0 Å². The van der Waals surface area contributed by atoms with Crippen LogP contribution in [0, 0.1) is 0 Å². The fourth-order valence-corrected chi connectivity index (χ4v) is 12.5. The third-order valence-electron chi connectivity index (χ3n) is 18.4. The molecule has 11 nitrogen and oxygen atoms in total. The summed E-state index contributed by atoms with van der Waals surface area (Å²) in [6.45, 7) is 3.54. The molecule has 0 radical (unpaired) electrons. The number of ether oxygens (including phenoxy) is 2. The number of rotatable bonds is 66. The third-order valence-corrected chi connectivity index (χ3v) is 18.4. The van der Waals surface area contributed by atoms with Gasteiger partial charge in [-0.3, -0.25) is 4.79 Å². The second kappa shape index (κ2) is 61.4. The molecule has 0 aliphatic carbocycles. The minimum Gasteiger partial charge on any atom is -0.394 e. The minimum atomic E-state index is -1.66. The minimum absolute atomic E-state index is 0.268. The first kappa shape index (κ1) is 80.1. The molecule has 11 heteroatoms. The number of hydrogen-bond acceptors (Lipinski definition) is 10. The zero-order valence-electron chi connectivity index (χ0n) is 55.0. The summed E-state index contributed by atoms with van der Waals surface area (Å²) in [5.41, 5.74) is 0. The second-order valence-electron chi connectivity index (χ2n) is 26.4. The summed E-state index contributed by atoms with van der Waals surface area (Å²) in [6.07, 6.45) is 63.4. The molecule has 83 heavy (non-hydrogen) atoms. The van der Waals surface area contributed by atoms with Crippen molar-refractivity contribution >= 4 is 5.91 Å². The van der Waals surface area contributed by atoms with Gasteiger partial charge < -0.3 is 50.5 Å². The van der Waals surface area contributed by atoms with Crippen LogP contribution in [0.4, 0.5) is 0 Å². The first-order valence-electron chi connectivity index (χ1n) is 36.9. The summed E-state index contributed by atoms with van der Waals surface area (Å²) in [5.74, 6) is -0.686. The van der Waals surface area contributed by atoms with Crippen LogP contribution >= 0.6 is 0 Å². The Hall–Kier alpha value is -0.890. The van der Waals surface area contributed by atoms with Crippen molar-refractivity contribution in [2.75, 3.05) is 13.2 Å². The van der Waals surface area contributed by atoms with Gasteiger partial charge in [-0.05, 0) is 12.8 Å². The molecule has 1 amide bonds. The molecule has 1 aliphatic heterocycles. The van der Waals surface area contributed by atoms with Crippen molar-refractivity contribution in [1.82, 2.24) is 5.32 Å². The highest BCUT2D eigenvalue weighted by molar-refractivity contribution is 5.80. The van der Waals surface area contributed by atoms with Crippen LogP contribution in [0.3, 0.4) is 0 Å². The number of aliphatic hydroxyl groups excluding tert-OH is 7. The molecular formula is C72H143NO10. The number of carbonyl (C=O) groups excluding carboxylic acids is 1. The molecule has 496 valence electrons. The van der Waals surface area contributed by atoms with E-state index in [0.29, 0.717) is 19.3 Å². The van der Waals surface area contributed by atoms with Crippen LogP contribution in [0.2, 0.25) is 0 Å². The highest BCUT2D eigenvalue weighted by atomic mass is 16.7. The Bertz CT molecular complexity index is 1310. The van der Waals surface area contributed by atoms with Gasteiger partial charge in [-0.15, -0.1) is 0 Å². The fourth-order valence-electron chi connectivity index (χ4n) is 12.5. The maximum absolute atomic E-state index is 13.3. The summed E-state index contributed by atoms with van der Waals surface area (Å²) in [6, 6.07) is -1.16. The lowest BCUT2D eigenvalue weighted by atomic mass is 9.98. The molecule has 8 N–H and O–H groups in total. The summed E-state index contributed by atoms with van der Waals surface area (Å²) in [7, 11) is 0. The molecule has 9 unspecified atom stereocenters. The molecule has 1 saturated heterocycles. The molecule has 1 heterocycles. The van der Waals surface area contributed by atoms with E-state index in [0.717, 1.165) is 38.5 Å². The molecule has 1 fully saturated rings. The van der Waals surface area contributed by atoms with Crippen LogP contribution in [0.15, 0.2) is 0 Å². The van der Waals surface area contributed by atoms with E-state index >= 15 is 0 Å². The second-order valence-corrected chi connectivity index (χ2v) is 26.4. The number of nitrogens with one attached hydrogen (secondary N) is 1. The average molecular weight is 1180 g/mol. The Kier molecular flexibility index (Phi) is 59.2. The lowest BCUT2D eigenvalue weighted by Gasteiger charge is -2.40. The molecule has 1 rings (SSSR count). The molecule has 0 aromatic heterocycles.